The number of primary amides is 1. The van der Waals surface area contributed by atoms with Crippen molar-refractivity contribution < 1.29 is 14.0 Å². The van der Waals surface area contributed by atoms with Gasteiger partial charge < -0.3 is 15.1 Å². The van der Waals surface area contributed by atoms with Gasteiger partial charge in [-0.2, -0.15) is 0 Å². The molecule has 0 bridgehead atoms. The lowest BCUT2D eigenvalue weighted by atomic mass is 9.94. The number of pyridine rings is 1. The van der Waals surface area contributed by atoms with E-state index in [-0.39, 0.29) is 17.4 Å². The molecule has 0 spiro atoms. The molecular formula is C17H27N3O3Si. The maximum absolute atomic E-state index is 12.6. The summed E-state index contributed by atoms with van der Waals surface area (Å²) >= 11 is 0. The van der Waals surface area contributed by atoms with Gasteiger partial charge in [-0.05, 0) is 30.3 Å². The number of hydrogen-bond donors (Lipinski definition) is 1. The minimum Gasteiger partial charge on any atom is -0.415 e. The lowest BCUT2D eigenvalue weighted by Crippen LogP contribution is -2.49. The molecule has 2 rings (SSSR count). The number of nitrogens with zero attached hydrogens (tertiary/aromatic N) is 2. The van der Waals surface area contributed by atoms with E-state index in [2.05, 4.69) is 38.8 Å². The van der Waals surface area contributed by atoms with Gasteiger partial charge in [0.05, 0.1) is 18.0 Å². The molecule has 2 N–H and O–H groups in total. The van der Waals surface area contributed by atoms with E-state index < -0.39 is 20.1 Å². The summed E-state index contributed by atoms with van der Waals surface area (Å²) in [5.74, 6) is -1.71. The molecule has 132 valence electrons. The van der Waals surface area contributed by atoms with Crippen LogP contribution in [0.4, 0.5) is 5.69 Å². The van der Waals surface area contributed by atoms with Gasteiger partial charge in [0.25, 0.3) is 0 Å². The van der Waals surface area contributed by atoms with Crippen molar-refractivity contribution in [3.8, 4) is 0 Å². The Labute approximate surface area is 144 Å². The van der Waals surface area contributed by atoms with E-state index in [0.29, 0.717) is 13.2 Å². The van der Waals surface area contributed by atoms with Crippen LogP contribution in [0.5, 0.6) is 0 Å². The highest BCUT2D eigenvalue weighted by Crippen LogP contribution is 2.36. The molecule has 0 radical (unpaired) electrons. The molecular weight excluding hydrogens is 322 g/mol. The zero-order chi connectivity index (χ0) is 18.1. The number of fused-ring (bicyclic) bond motifs is 1. The second-order valence-corrected chi connectivity index (χ2v) is 12.5. The van der Waals surface area contributed by atoms with Gasteiger partial charge in [0.1, 0.15) is 5.92 Å². The molecule has 2 heterocycles. The number of anilines is 1. The van der Waals surface area contributed by atoms with E-state index in [1.54, 1.807) is 17.2 Å². The monoisotopic (exact) mass is 349 g/mol. The van der Waals surface area contributed by atoms with Gasteiger partial charge in [-0.3, -0.25) is 14.6 Å². The van der Waals surface area contributed by atoms with Crippen LogP contribution in [0.2, 0.25) is 18.1 Å². The number of amides is 2. The predicted molar refractivity (Wildman–Crippen MR) is 96.1 cm³/mol. The first-order valence-electron chi connectivity index (χ1n) is 8.23. The van der Waals surface area contributed by atoms with E-state index in [9.17, 15) is 9.59 Å². The number of aromatic nitrogens is 1. The summed E-state index contributed by atoms with van der Waals surface area (Å²) in [5.41, 5.74) is 6.87. The zero-order valence-electron chi connectivity index (χ0n) is 15.1. The summed E-state index contributed by atoms with van der Waals surface area (Å²) < 4.78 is 6.16. The molecule has 1 aliphatic rings. The Kier molecular flexibility index (Phi) is 5.15. The molecule has 0 saturated heterocycles. The second-order valence-electron chi connectivity index (χ2n) is 7.73. The standard InChI is InChI=1S/C17H27N3O3Si/c1-17(2,3)24(4,5)23-10-9-20-14-7-6-8-19-13(14)11-12(15(18)21)16(20)22/h6-8,12H,9-11H2,1-5H3,(H2,18,21). The third-order valence-corrected chi connectivity index (χ3v) is 9.58. The molecule has 0 aliphatic carbocycles. The molecule has 6 nitrogen and oxygen atoms in total. The van der Waals surface area contributed by atoms with E-state index >= 15 is 0 Å². The molecule has 1 aromatic rings. The maximum atomic E-state index is 12.6. The summed E-state index contributed by atoms with van der Waals surface area (Å²) in [5, 5.41) is 0.105. The van der Waals surface area contributed by atoms with Gasteiger partial charge in [0, 0.05) is 19.2 Å². The van der Waals surface area contributed by atoms with Crippen LogP contribution >= 0.6 is 0 Å². The predicted octanol–water partition coefficient (Wildman–Crippen LogP) is 2.09. The van der Waals surface area contributed by atoms with Crippen LogP contribution in [0, 0.1) is 5.92 Å². The SMILES string of the molecule is CC(C)(C)[Si](C)(C)OCCN1C(=O)C(C(N)=O)Cc2ncccc21. The number of carbonyl (C=O) groups excluding carboxylic acids is 2. The van der Waals surface area contributed by atoms with Crippen molar-refractivity contribution in [2.45, 2.75) is 45.3 Å². The van der Waals surface area contributed by atoms with Crippen LogP contribution in [-0.4, -0.2) is 38.3 Å². The summed E-state index contributed by atoms with van der Waals surface area (Å²) in [4.78, 5) is 30.1. The van der Waals surface area contributed by atoms with Crippen LogP contribution in [0.15, 0.2) is 18.3 Å². The first kappa shape index (κ1) is 18.6. The average Bonchev–Trinajstić information content (AvgIpc) is 2.47. The lowest BCUT2D eigenvalue weighted by Gasteiger charge is -2.37. The van der Waals surface area contributed by atoms with Crippen molar-refractivity contribution in [1.29, 1.82) is 0 Å². The van der Waals surface area contributed by atoms with E-state index in [1.165, 1.54) is 0 Å². The van der Waals surface area contributed by atoms with Gasteiger partial charge in [-0.15, -0.1) is 0 Å². The molecule has 1 unspecified atom stereocenters. The van der Waals surface area contributed by atoms with Gasteiger partial charge in [0.2, 0.25) is 11.8 Å². The quantitative estimate of drug-likeness (QED) is 0.651. The van der Waals surface area contributed by atoms with Crippen molar-refractivity contribution in [2.75, 3.05) is 18.1 Å². The summed E-state index contributed by atoms with van der Waals surface area (Å²) in [6.07, 6.45) is 1.93. The van der Waals surface area contributed by atoms with Crippen LogP contribution < -0.4 is 10.6 Å². The molecule has 1 aliphatic heterocycles. The van der Waals surface area contributed by atoms with E-state index in [0.717, 1.165) is 11.4 Å². The molecule has 2 amide bonds. The van der Waals surface area contributed by atoms with E-state index in [1.807, 2.05) is 6.07 Å². The Morgan fingerprint density at radius 3 is 2.71 bits per heavy atom. The molecule has 1 atom stereocenters. The Morgan fingerprint density at radius 1 is 1.46 bits per heavy atom. The highest BCUT2D eigenvalue weighted by molar-refractivity contribution is 6.74. The van der Waals surface area contributed by atoms with Crippen LogP contribution in [0.1, 0.15) is 26.5 Å². The minimum absolute atomic E-state index is 0.105. The molecule has 7 heteroatoms. The highest BCUT2D eigenvalue weighted by atomic mass is 28.4. The van der Waals surface area contributed by atoms with Crippen LogP contribution in [0.3, 0.4) is 0 Å². The molecule has 0 saturated carbocycles. The van der Waals surface area contributed by atoms with Gasteiger partial charge in [-0.1, -0.05) is 20.8 Å². The topological polar surface area (TPSA) is 85.5 Å². The Morgan fingerprint density at radius 2 is 2.12 bits per heavy atom. The van der Waals surface area contributed by atoms with E-state index in [4.69, 9.17) is 10.2 Å². The largest absolute Gasteiger partial charge is 0.415 e. The average molecular weight is 350 g/mol. The number of rotatable bonds is 5. The van der Waals surface area contributed by atoms with Crippen molar-refractivity contribution in [3.05, 3.63) is 24.0 Å². The van der Waals surface area contributed by atoms with Crippen LogP contribution in [-0.2, 0) is 20.4 Å². The number of carbonyl (C=O) groups is 2. The van der Waals surface area contributed by atoms with Gasteiger partial charge in [-0.25, -0.2) is 0 Å². The smallest absolute Gasteiger partial charge is 0.240 e. The third-order valence-electron chi connectivity index (χ3n) is 5.05. The molecule has 1 aromatic heterocycles. The van der Waals surface area contributed by atoms with Gasteiger partial charge >= 0.3 is 0 Å². The van der Waals surface area contributed by atoms with Crippen molar-refractivity contribution in [3.63, 3.8) is 0 Å². The van der Waals surface area contributed by atoms with Crippen LogP contribution in [0.25, 0.3) is 0 Å². The number of nitrogens with two attached hydrogens (primary N) is 1. The summed E-state index contributed by atoms with van der Waals surface area (Å²) in [6.45, 7) is 11.7. The fourth-order valence-electron chi connectivity index (χ4n) is 2.48. The normalized spacial score (nSPS) is 18.5. The zero-order valence-corrected chi connectivity index (χ0v) is 16.1. The fourth-order valence-corrected chi connectivity index (χ4v) is 3.52. The Balaban J connectivity index is 2.16. The lowest BCUT2D eigenvalue weighted by molar-refractivity contribution is -0.132. The molecule has 0 fully saturated rings. The maximum Gasteiger partial charge on any atom is 0.240 e. The Hall–Kier alpha value is -1.73. The first-order valence-corrected chi connectivity index (χ1v) is 11.1. The number of hydrogen-bond acceptors (Lipinski definition) is 4. The summed E-state index contributed by atoms with van der Waals surface area (Å²) in [6, 6.07) is 3.64. The molecule has 24 heavy (non-hydrogen) atoms. The Bertz CT molecular complexity index is 640. The van der Waals surface area contributed by atoms with Crippen molar-refractivity contribution in [2.24, 2.45) is 11.7 Å². The van der Waals surface area contributed by atoms with Crippen molar-refractivity contribution in [1.82, 2.24) is 4.98 Å². The minimum atomic E-state index is -1.89. The summed E-state index contributed by atoms with van der Waals surface area (Å²) in [7, 11) is -1.89. The third kappa shape index (κ3) is 3.67. The molecule has 0 aromatic carbocycles. The first-order chi connectivity index (χ1) is 11.0. The highest BCUT2D eigenvalue weighted by Gasteiger charge is 2.39. The van der Waals surface area contributed by atoms with Gasteiger partial charge in [0.15, 0.2) is 8.32 Å². The van der Waals surface area contributed by atoms with Crippen molar-refractivity contribution >= 4 is 25.8 Å². The second kappa shape index (κ2) is 6.64. The fraction of sp³-hybridized carbons (Fsp3) is 0.588.